The Bertz CT molecular complexity index is 667. The van der Waals surface area contributed by atoms with Crippen LogP contribution in [0.5, 0.6) is 0 Å². The molecule has 0 heterocycles. The summed E-state index contributed by atoms with van der Waals surface area (Å²) < 4.78 is 0. The predicted octanol–water partition coefficient (Wildman–Crippen LogP) is 9.05. The molecular formula is C30H44. The monoisotopic (exact) mass is 404 g/mol. The first-order valence-corrected chi connectivity index (χ1v) is 13.1. The summed E-state index contributed by atoms with van der Waals surface area (Å²) in [5, 5.41) is 0. The molecular weight excluding hydrogens is 360 g/mol. The van der Waals surface area contributed by atoms with Gasteiger partial charge in [-0.25, -0.2) is 0 Å². The summed E-state index contributed by atoms with van der Waals surface area (Å²) >= 11 is 0. The molecule has 0 nitrogen and oxygen atoms in total. The molecule has 0 spiro atoms. The van der Waals surface area contributed by atoms with Crippen molar-refractivity contribution in [3.63, 3.8) is 0 Å². The van der Waals surface area contributed by atoms with Gasteiger partial charge in [-0.15, -0.1) is 0 Å². The van der Waals surface area contributed by atoms with Gasteiger partial charge in [-0.3, -0.25) is 0 Å². The van der Waals surface area contributed by atoms with Gasteiger partial charge in [-0.2, -0.15) is 0 Å². The minimum absolute atomic E-state index is 0.756. The van der Waals surface area contributed by atoms with Crippen molar-refractivity contribution in [1.82, 2.24) is 0 Å². The van der Waals surface area contributed by atoms with Crippen molar-refractivity contribution in [3.8, 4) is 11.8 Å². The maximum atomic E-state index is 3.34. The largest absolute Gasteiger partial charge is 0.0730 e. The van der Waals surface area contributed by atoms with E-state index in [-0.39, 0.29) is 0 Å². The number of benzene rings is 1. The third kappa shape index (κ3) is 7.65. The Balaban J connectivity index is 1.40. The summed E-state index contributed by atoms with van der Waals surface area (Å²) in [6.07, 6.45) is 24.1. The Morgan fingerprint density at radius 2 is 1.43 bits per heavy atom. The van der Waals surface area contributed by atoms with Gasteiger partial charge in [0.2, 0.25) is 0 Å². The Labute approximate surface area is 186 Å². The number of unbranched alkanes of at least 4 members (excludes halogenated alkanes) is 2. The fourth-order valence-electron chi connectivity index (χ4n) is 5.69. The average Bonchev–Trinajstić information content (AvgIpc) is 2.79. The van der Waals surface area contributed by atoms with Gasteiger partial charge in [0.15, 0.2) is 0 Å². The summed E-state index contributed by atoms with van der Waals surface area (Å²) in [4.78, 5) is 0. The van der Waals surface area contributed by atoms with E-state index in [1.807, 2.05) is 0 Å². The zero-order chi connectivity index (χ0) is 21.0. The fraction of sp³-hybridized carbons (Fsp3) is 0.667. The van der Waals surface area contributed by atoms with Gasteiger partial charge in [-0.1, -0.05) is 82.4 Å². The SMILES string of the molecule is CCCCC[C@H]1CC[C@H](c2ccc(C#CC=C[C@H]3CC[C@H](CCC)CC3)cc2)CC1. The Morgan fingerprint density at radius 3 is 2.10 bits per heavy atom. The predicted molar refractivity (Wildman–Crippen MR) is 132 cm³/mol. The lowest BCUT2D eigenvalue weighted by atomic mass is 9.77. The molecule has 0 N–H and O–H groups in total. The number of hydrogen-bond donors (Lipinski definition) is 0. The summed E-state index contributed by atoms with van der Waals surface area (Å²) in [6, 6.07) is 9.15. The molecule has 0 atom stereocenters. The van der Waals surface area contributed by atoms with Gasteiger partial charge >= 0.3 is 0 Å². The normalized spacial score (nSPS) is 27.0. The Morgan fingerprint density at radius 1 is 0.767 bits per heavy atom. The van der Waals surface area contributed by atoms with Crippen LogP contribution < -0.4 is 0 Å². The zero-order valence-corrected chi connectivity index (χ0v) is 19.7. The molecule has 2 aliphatic rings. The molecule has 0 aromatic heterocycles. The van der Waals surface area contributed by atoms with Crippen LogP contribution in [0.4, 0.5) is 0 Å². The van der Waals surface area contributed by atoms with Crippen molar-refractivity contribution >= 4 is 0 Å². The average molecular weight is 405 g/mol. The van der Waals surface area contributed by atoms with Crippen LogP contribution in [-0.4, -0.2) is 0 Å². The van der Waals surface area contributed by atoms with Gasteiger partial charge in [0.05, 0.1) is 0 Å². The lowest BCUT2D eigenvalue weighted by molar-refractivity contribution is 0.294. The maximum Gasteiger partial charge on any atom is 0.0249 e. The molecule has 0 amide bonds. The van der Waals surface area contributed by atoms with Crippen molar-refractivity contribution in [3.05, 3.63) is 47.5 Å². The van der Waals surface area contributed by atoms with E-state index in [4.69, 9.17) is 0 Å². The van der Waals surface area contributed by atoms with Crippen molar-refractivity contribution in [2.75, 3.05) is 0 Å². The first kappa shape index (κ1) is 23.2. The van der Waals surface area contributed by atoms with E-state index in [1.54, 1.807) is 0 Å². The molecule has 164 valence electrons. The van der Waals surface area contributed by atoms with E-state index in [0.29, 0.717) is 0 Å². The van der Waals surface area contributed by atoms with Crippen molar-refractivity contribution in [2.45, 2.75) is 110 Å². The van der Waals surface area contributed by atoms with Crippen LogP contribution in [0, 0.1) is 29.6 Å². The van der Waals surface area contributed by atoms with Crippen LogP contribution in [0.1, 0.15) is 121 Å². The lowest BCUT2D eigenvalue weighted by Gasteiger charge is -2.29. The van der Waals surface area contributed by atoms with Crippen LogP contribution in [-0.2, 0) is 0 Å². The highest BCUT2D eigenvalue weighted by Crippen LogP contribution is 2.37. The van der Waals surface area contributed by atoms with Crippen molar-refractivity contribution < 1.29 is 0 Å². The minimum atomic E-state index is 0.756. The van der Waals surface area contributed by atoms with Gasteiger partial charge < -0.3 is 0 Å². The van der Waals surface area contributed by atoms with E-state index in [2.05, 4.69) is 62.1 Å². The van der Waals surface area contributed by atoms with Crippen molar-refractivity contribution in [2.24, 2.45) is 17.8 Å². The van der Waals surface area contributed by atoms with E-state index in [0.717, 1.165) is 29.2 Å². The molecule has 30 heavy (non-hydrogen) atoms. The second kappa shape index (κ2) is 13.0. The van der Waals surface area contributed by atoms with Crippen LogP contribution in [0.3, 0.4) is 0 Å². The molecule has 0 radical (unpaired) electrons. The molecule has 0 heteroatoms. The summed E-state index contributed by atoms with van der Waals surface area (Å²) in [5.74, 6) is 10.1. The first-order valence-electron chi connectivity index (χ1n) is 13.1. The molecule has 1 aromatic carbocycles. The molecule has 2 aliphatic carbocycles. The van der Waals surface area contributed by atoms with Gasteiger partial charge in [0, 0.05) is 5.56 Å². The van der Waals surface area contributed by atoms with Gasteiger partial charge in [0.25, 0.3) is 0 Å². The van der Waals surface area contributed by atoms with Crippen LogP contribution in [0.25, 0.3) is 0 Å². The Kier molecular flexibility index (Phi) is 10.1. The highest BCUT2D eigenvalue weighted by atomic mass is 14.3. The molecule has 0 unspecified atom stereocenters. The third-order valence-corrected chi connectivity index (χ3v) is 7.70. The topological polar surface area (TPSA) is 0 Å². The highest BCUT2D eigenvalue weighted by Gasteiger charge is 2.22. The second-order valence-electron chi connectivity index (χ2n) is 10.0. The number of allylic oxidation sites excluding steroid dienone is 2. The third-order valence-electron chi connectivity index (χ3n) is 7.70. The van der Waals surface area contributed by atoms with Crippen LogP contribution in [0.2, 0.25) is 0 Å². The molecule has 2 saturated carbocycles. The number of hydrogen-bond acceptors (Lipinski definition) is 0. The lowest BCUT2D eigenvalue weighted by Crippen LogP contribution is -2.13. The van der Waals surface area contributed by atoms with E-state index < -0.39 is 0 Å². The minimum Gasteiger partial charge on any atom is -0.0730 e. The van der Waals surface area contributed by atoms with Crippen LogP contribution in [0.15, 0.2) is 36.4 Å². The van der Waals surface area contributed by atoms with Gasteiger partial charge in [0.1, 0.15) is 0 Å². The molecule has 2 fully saturated rings. The molecule has 1 aromatic rings. The smallest absolute Gasteiger partial charge is 0.0249 e. The molecule has 0 bridgehead atoms. The molecule has 0 aliphatic heterocycles. The summed E-state index contributed by atoms with van der Waals surface area (Å²) in [6.45, 7) is 4.62. The van der Waals surface area contributed by atoms with Crippen molar-refractivity contribution in [1.29, 1.82) is 0 Å². The fourth-order valence-corrected chi connectivity index (χ4v) is 5.69. The van der Waals surface area contributed by atoms with E-state index in [1.165, 1.54) is 95.5 Å². The Hall–Kier alpha value is -1.48. The molecule has 3 rings (SSSR count). The quantitative estimate of drug-likeness (QED) is 0.299. The van der Waals surface area contributed by atoms with E-state index >= 15 is 0 Å². The maximum absolute atomic E-state index is 3.34. The highest BCUT2D eigenvalue weighted by molar-refractivity contribution is 5.39. The zero-order valence-electron chi connectivity index (χ0n) is 19.7. The summed E-state index contributed by atoms with van der Waals surface area (Å²) in [5.41, 5.74) is 2.69. The second-order valence-corrected chi connectivity index (χ2v) is 10.0. The van der Waals surface area contributed by atoms with E-state index in [9.17, 15) is 0 Å². The number of rotatable bonds is 8. The van der Waals surface area contributed by atoms with Gasteiger partial charge in [-0.05, 0) is 98.8 Å². The van der Waals surface area contributed by atoms with Crippen LogP contribution >= 0.6 is 0 Å². The first-order chi connectivity index (χ1) is 14.8. The standard InChI is InChI=1S/C30H44/c1-3-5-6-10-27-17-21-29(22-18-27)30-23-19-28(20-24-30)12-8-7-11-26-15-13-25(9-4-2)14-16-26/h7,11,19-20,23-27,29H,3-6,9-10,13-18,21-22H2,1-2H3/t25-,26-,27-,29-. The summed E-state index contributed by atoms with van der Waals surface area (Å²) in [7, 11) is 0. The molecule has 0 saturated heterocycles.